The summed E-state index contributed by atoms with van der Waals surface area (Å²) >= 11 is 4.90. The Hall–Kier alpha value is -4.35. The molecule has 0 spiro atoms. The first kappa shape index (κ1) is 33.0. The van der Waals surface area contributed by atoms with Gasteiger partial charge in [-0.1, -0.05) is 63.7 Å². The molecule has 1 atom stereocenters. The van der Waals surface area contributed by atoms with E-state index in [4.69, 9.17) is 23.7 Å². The molecule has 1 aliphatic heterocycles. The molecule has 0 aliphatic carbocycles. The Kier molecular flexibility index (Phi) is 10.6. The molecule has 0 N–H and O–H groups in total. The van der Waals surface area contributed by atoms with Crippen molar-refractivity contribution in [2.24, 2.45) is 4.99 Å². The van der Waals surface area contributed by atoms with Crippen molar-refractivity contribution in [3.8, 4) is 23.0 Å². The van der Waals surface area contributed by atoms with E-state index in [1.165, 1.54) is 15.9 Å². The molecule has 4 aromatic rings. The first-order valence-electron chi connectivity index (χ1n) is 14.9. The SMILES string of the molecule is CCOC(=O)C1=C(C)N=c2s/c(=C/c3ccc(OCc4ccccc4)c(OCC)c3)c(=O)n2[C@@H]1c1cc(OC)c(OCC)cc1Br. The minimum Gasteiger partial charge on any atom is -0.493 e. The van der Waals surface area contributed by atoms with Crippen LogP contribution in [-0.2, 0) is 16.1 Å². The van der Waals surface area contributed by atoms with E-state index in [2.05, 4.69) is 20.9 Å². The second-order valence-corrected chi connectivity index (χ2v) is 12.0. The third kappa shape index (κ3) is 6.90. The monoisotopic (exact) mass is 706 g/mol. The number of aromatic nitrogens is 1. The first-order valence-corrected chi connectivity index (χ1v) is 16.5. The van der Waals surface area contributed by atoms with Crippen LogP contribution in [0.1, 0.15) is 50.4 Å². The lowest BCUT2D eigenvalue weighted by Gasteiger charge is -2.26. The van der Waals surface area contributed by atoms with Crippen molar-refractivity contribution < 1.29 is 28.5 Å². The summed E-state index contributed by atoms with van der Waals surface area (Å²) in [6, 6.07) is 18.2. The summed E-state index contributed by atoms with van der Waals surface area (Å²) in [5.41, 5.74) is 2.86. The Bertz CT molecular complexity index is 1950. The summed E-state index contributed by atoms with van der Waals surface area (Å²) in [7, 11) is 1.54. The van der Waals surface area contributed by atoms with Gasteiger partial charge in [0.1, 0.15) is 6.61 Å². The van der Waals surface area contributed by atoms with Gasteiger partial charge < -0.3 is 23.7 Å². The van der Waals surface area contributed by atoms with Crippen LogP contribution in [0.25, 0.3) is 6.08 Å². The second-order valence-electron chi connectivity index (χ2n) is 10.2. The highest BCUT2D eigenvalue weighted by atomic mass is 79.9. The minimum absolute atomic E-state index is 0.174. The number of hydrogen-bond acceptors (Lipinski definition) is 9. The molecule has 3 aromatic carbocycles. The zero-order chi connectivity index (χ0) is 32.8. The van der Waals surface area contributed by atoms with Gasteiger partial charge in [0.15, 0.2) is 27.8 Å². The lowest BCUT2D eigenvalue weighted by atomic mass is 9.95. The second kappa shape index (κ2) is 14.8. The Morgan fingerprint density at radius 1 is 0.935 bits per heavy atom. The quantitative estimate of drug-likeness (QED) is 0.168. The smallest absolute Gasteiger partial charge is 0.338 e. The van der Waals surface area contributed by atoms with E-state index in [0.29, 0.717) is 67.9 Å². The molecule has 5 rings (SSSR count). The topological polar surface area (TPSA) is 97.6 Å². The lowest BCUT2D eigenvalue weighted by Crippen LogP contribution is -2.40. The van der Waals surface area contributed by atoms with E-state index < -0.39 is 12.0 Å². The van der Waals surface area contributed by atoms with Crippen molar-refractivity contribution in [3.05, 3.63) is 113 Å². The van der Waals surface area contributed by atoms with Crippen LogP contribution in [0.2, 0.25) is 0 Å². The fraction of sp³-hybridized carbons (Fsp3) is 0.286. The van der Waals surface area contributed by atoms with Crippen LogP contribution in [0.15, 0.2) is 86.2 Å². The number of rotatable bonds is 12. The van der Waals surface area contributed by atoms with Crippen molar-refractivity contribution in [2.75, 3.05) is 26.9 Å². The largest absolute Gasteiger partial charge is 0.493 e. The first-order chi connectivity index (χ1) is 22.3. The molecule has 0 amide bonds. The number of fused-ring (bicyclic) bond motifs is 1. The summed E-state index contributed by atoms with van der Waals surface area (Å²) in [5.74, 6) is 1.64. The molecule has 0 radical (unpaired) electrons. The molecule has 0 unspecified atom stereocenters. The van der Waals surface area contributed by atoms with Crippen molar-refractivity contribution in [1.29, 1.82) is 0 Å². The highest BCUT2D eigenvalue weighted by molar-refractivity contribution is 9.10. The van der Waals surface area contributed by atoms with E-state index in [0.717, 1.165) is 11.1 Å². The van der Waals surface area contributed by atoms with Crippen molar-refractivity contribution in [1.82, 2.24) is 4.57 Å². The van der Waals surface area contributed by atoms with E-state index in [-0.39, 0.29) is 17.7 Å². The van der Waals surface area contributed by atoms with E-state index in [1.54, 1.807) is 39.2 Å². The van der Waals surface area contributed by atoms with Gasteiger partial charge in [-0.15, -0.1) is 0 Å². The van der Waals surface area contributed by atoms with Gasteiger partial charge >= 0.3 is 5.97 Å². The fourth-order valence-electron chi connectivity index (χ4n) is 5.16. The molecule has 0 saturated heterocycles. The minimum atomic E-state index is -0.829. The number of carbonyl (C=O) groups is 1. The molecule has 11 heteroatoms. The molecule has 240 valence electrons. The van der Waals surface area contributed by atoms with Gasteiger partial charge in [0, 0.05) is 4.47 Å². The molecule has 0 fully saturated rings. The van der Waals surface area contributed by atoms with Gasteiger partial charge in [-0.3, -0.25) is 9.36 Å². The zero-order valence-electron chi connectivity index (χ0n) is 26.3. The van der Waals surface area contributed by atoms with Crippen molar-refractivity contribution >= 4 is 39.3 Å². The molecular formula is C35H35BrN2O7S. The Morgan fingerprint density at radius 3 is 2.33 bits per heavy atom. The number of carbonyl (C=O) groups excluding carboxylic acids is 1. The van der Waals surface area contributed by atoms with Gasteiger partial charge in [0.25, 0.3) is 5.56 Å². The number of nitrogens with zero attached hydrogens (tertiary/aromatic N) is 2. The van der Waals surface area contributed by atoms with E-state index >= 15 is 0 Å². The van der Waals surface area contributed by atoms with Gasteiger partial charge in [-0.25, -0.2) is 9.79 Å². The van der Waals surface area contributed by atoms with E-state index in [9.17, 15) is 9.59 Å². The summed E-state index contributed by atoms with van der Waals surface area (Å²) in [5, 5.41) is 0. The molecule has 46 heavy (non-hydrogen) atoms. The van der Waals surface area contributed by atoms with Crippen LogP contribution in [0.3, 0.4) is 0 Å². The van der Waals surface area contributed by atoms with Crippen LogP contribution in [-0.4, -0.2) is 37.5 Å². The molecule has 0 bridgehead atoms. The maximum absolute atomic E-state index is 14.2. The predicted molar refractivity (Wildman–Crippen MR) is 181 cm³/mol. The molecule has 1 aromatic heterocycles. The number of halogens is 1. The number of benzene rings is 3. The number of allylic oxidation sites excluding steroid dienone is 1. The van der Waals surface area contributed by atoms with Gasteiger partial charge in [0.05, 0.1) is 48.8 Å². The van der Waals surface area contributed by atoms with Crippen molar-refractivity contribution in [2.45, 2.75) is 40.3 Å². The van der Waals surface area contributed by atoms with Gasteiger partial charge in [-0.2, -0.15) is 0 Å². The number of hydrogen-bond donors (Lipinski definition) is 0. The zero-order valence-corrected chi connectivity index (χ0v) is 28.7. The lowest BCUT2D eigenvalue weighted by molar-refractivity contribution is -0.139. The fourth-order valence-corrected chi connectivity index (χ4v) is 6.75. The van der Waals surface area contributed by atoms with Gasteiger partial charge in [0.2, 0.25) is 0 Å². The number of esters is 1. The van der Waals surface area contributed by atoms with Crippen LogP contribution in [0.4, 0.5) is 0 Å². The molecule has 2 heterocycles. The Labute approximate surface area is 279 Å². The maximum Gasteiger partial charge on any atom is 0.338 e. The summed E-state index contributed by atoms with van der Waals surface area (Å²) in [4.78, 5) is 32.7. The molecule has 1 aliphatic rings. The number of ether oxygens (including phenoxy) is 5. The average molecular weight is 708 g/mol. The third-order valence-corrected chi connectivity index (χ3v) is 8.87. The number of thiazole rings is 1. The third-order valence-electron chi connectivity index (χ3n) is 7.20. The summed E-state index contributed by atoms with van der Waals surface area (Å²) in [6.45, 7) is 8.73. The highest BCUT2D eigenvalue weighted by Gasteiger charge is 2.35. The Balaban J connectivity index is 1.61. The predicted octanol–water partition coefficient (Wildman–Crippen LogP) is 5.95. The maximum atomic E-state index is 14.2. The molecule has 0 saturated carbocycles. The standard InChI is InChI=1S/C35H35BrN2O7S/c1-6-42-28-16-23(14-15-26(28)45-20-22-12-10-9-11-13-22)17-30-33(39)38-32(24-18-27(41-5)29(43-7-2)19-25(24)36)31(34(40)44-8-3)21(4)37-35(38)46-30/h9-19,32H,6-8,20H2,1-5H3/b30-17+/t32-/m1/s1. The normalized spacial score (nSPS) is 14.4. The average Bonchev–Trinajstić information content (AvgIpc) is 3.34. The molecular weight excluding hydrogens is 672 g/mol. The number of methoxy groups -OCH3 is 1. The summed E-state index contributed by atoms with van der Waals surface area (Å²) < 4.78 is 31.4. The van der Waals surface area contributed by atoms with Crippen LogP contribution in [0, 0.1) is 0 Å². The molecule has 9 nitrogen and oxygen atoms in total. The summed E-state index contributed by atoms with van der Waals surface area (Å²) in [6.07, 6.45) is 1.79. The van der Waals surface area contributed by atoms with E-state index in [1.807, 2.05) is 62.4 Å². The van der Waals surface area contributed by atoms with Crippen LogP contribution >= 0.6 is 27.3 Å². The van der Waals surface area contributed by atoms with Gasteiger partial charge in [-0.05, 0) is 74.7 Å². The highest BCUT2D eigenvalue weighted by Crippen LogP contribution is 2.41. The van der Waals surface area contributed by atoms with Crippen molar-refractivity contribution in [3.63, 3.8) is 0 Å². The van der Waals surface area contributed by atoms with Crippen LogP contribution in [0.5, 0.6) is 23.0 Å². The van der Waals surface area contributed by atoms with Crippen LogP contribution < -0.4 is 33.8 Å². The Morgan fingerprint density at radius 2 is 1.65 bits per heavy atom.